The van der Waals surface area contributed by atoms with Gasteiger partial charge in [-0.2, -0.15) is 0 Å². The molecule has 2 heterocycles. The van der Waals surface area contributed by atoms with Gasteiger partial charge in [-0.1, -0.05) is 30.0 Å². The Morgan fingerprint density at radius 1 is 1.21 bits per heavy atom. The van der Waals surface area contributed by atoms with Crippen LogP contribution in [0.15, 0.2) is 53.7 Å². The van der Waals surface area contributed by atoms with Crippen molar-refractivity contribution in [2.75, 3.05) is 17.7 Å². The van der Waals surface area contributed by atoms with Crippen LogP contribution in [0.3, 0.4) is 0 Å². The largest absolute Gasteiger partial charge is 0.380 e. The molecule has 2 aromatic heterocycles. The molecule has 0 atom stereocenters. The molecule has 1 aromatic carbocycles. The Morgan fingerprint density at radius 3 is 2.55 bits per heavy atom. The lowest BCUT2D eigenvalue weighted by molar-refractivity contribution is -0.109. The van der Waals surface area contributed by atoms with E-state index in [4.69, 9.17) is 6.57 Å². The minimum atomic E-state index is -3.80. The summed E-state index contributed by atoms with van der Waals surface area (Å²) in [5, 5.41) is 0.810. The van der Waals surface area contributed by atoms with Crippen LogP contribution < -0.4 is 4.90 Å². The number of carbonyl (C=O) groups is 1. The summed E-state index contributed by atoms with van der Waals surface area (Å²) in [7, 11) is -1.83. The Morgan fingerprint density at radius 2 is 1.91 bits per heavy atom. The van der Waals surface area contributed by atoms with Crippen LogP contribution in [0.2, 0.25) is 0 Å². The van der Waals surface area contributed by atoms with E-state index in [-0.39, 0.29) is 16.1 Å². The number of hydrogen-bond donors (Lipinski definition) is 0. The summed E-state index contributed by atoms with van der Waals surface area (Å²) < 4.78 is 27.6. The topological polar surface area (TPSA) is 76.6 Å². The van der Waals surface area contributed by atoms with Crippen molar-refractivity contribution in [3.8, 4) is 0 Å². The summed E-state index contributed by atoms with van der Waals surface area (Å²) >= 11 is 1.39. The molecule has 1 aliphatic carbocycles. The van der Waals surface area contributed by atoms with Gasteiger partial charge in [-0.25, -0.2) is 22.2 Å². The number of aromatic nitrogens is 2. The summed E-state index contributed by atoms with van der Waals surface area (Å²) in [5.74, 6) is 1.39. The van der Waals surface area contributed by atoms with E-state index in [1.807, 2.05) is 7.05 Å². The molecule has 0 unspecified atom stereocenters. The van der Waals surface area contributed by atoms with Gasteiger partial charge in [0, 0.05) is 43.5 Å². The van der Waals surface area contributed by atoms with Crippen LogP contribution in [-0.4, -0.2) is 41.3 Å². The van der Waals surface area contributed by atoms with E-state index >= 15 is 0 Å². The fourth-order valence-electron chi connectivity index (χ4n) is 4.51. The fourth-order valence-corrected chi connectivity index (χ4v) is 6.63. The maximum absolute atomic E-state index is 13.2. The Balaban J connectivity index is 1.66. The van der Waals surface area contributed by atoms with Crippen LogP contribution in [0, 0.1) is 12.5 Å². The first kappa shape index (κ1) is 23.3. The van der Waals surface area contributed by atoms with Gasteiger partial charge in [-0.15, -0.1) is 0 Å². The Hall–Kier alpha value is -2.83. The molecule has 9 heteroatoms. The number of pyridine rings is 1. The molecule has 0 saturated heterocycles. The van der Waals surface area contributed by atoms with Crippen LogP contribution in [-0.2, 0) is 14.8 Å². The average Bonchev–Trinajstić information content (AvgIpc) is 3.27. The molecule has 0 N–H and O–H groups in total. The van der Waals surface area contributed by atoms with Crippen molar-refractivity contribution in [1.82, 2.24) is 8.96 Å². The van der Waals surface area contributed by atoms with Gasteiger partial charge in [0.2, 0.25) is 5.69 Å². The molecule has 0 spiro atoms. The molecule has 0 bridgehead atoms. The van der Waals surface area contributed by atoms with Crippen LogP contribution in [0.5, 0.6) is 0 Å². The number of nitrogens with zero attached hydrogens (tertiary/aromatic N) is 4. The number of rotatable bonds is 6. The normalized spacial score (nSPS) is 18.7. The smallest absolute Gasteiger partial charge is 0.269 e. The van der Waals surface area contributed by atoms with Crippen molar-refractivity contribution in [2.45, 2.75) is 43.5 Å². The third-order valence-corrected chi connectivity index (χ3v) is 9.02. The number of thioether (sulfide) groups is 1. The second kappa shape index (κ2) is 9.57. The average molecular weight is 483 g/mol. The van der Waals surface area contributed by atoms with Crippen LogP contribution in [0.1, 0.15) is 32.6 Å². The maximum Gasteiger partial charge on any atom is 0.269 e. The molecular weight excluding hydrogens is 456 g/mol. The van der Waals surface area contributed by atoms with Crippen LogP contribution in [0.4, 0.5) is 11.4 Å². The van der Waals surface area contributed by atoms with Crippen LogP contribution >= 0.6 is 11.8 Å². The highest BCUT2D eigenvalue weighted by Crippen LogP contribution is 2.40. The van der Waals surface area contributed by atoms with Gasteiger partial charge in [0.15, 0.2) is 10.8 Å². The van der Waals surface area contributed by atoms with Crippen molar-refractivity contribution in [1.29, 1.82) is 0 Å². The molecule has 33 heavy (non-hydrogen) atoms. The lowest BCUT2D eigenvalue weighted by atomic mass is 9.86. The lowest BCUT2D eigenvalue weighted by Crippen LogP contribution is -2.35. The Bertz CT molecular complexity index is 1300. The van der Waals surface area contributed by atoms with Crippen molar-refractivity contribution in [2.24, 2.45) is 5.92 Å². The molecule has 0 aliphatic heterocycles. The number of carbonyl (C=O) groups excluding carboxylic acids is 1. The standard InChI is InChI=1S/C24H26N4O3S2/c1-17(29)32-16-18-9-11-19(12-10-18)27(3)23-21-13-14-28(24(21)26-15-22(23)25-2)33(30,31)20-7-5-4-6-8-20/h4-8,13-15,18-19H,9-12,16H2,1,3H3. The molecule has 3 aromatic rings. The second-order valence-corrected chi connectivity index (χ2v) is 11.4. The predicted octanol–water partition coefficient (Wildman–Crippen LogP) is 5.10. The molecule has 7 nitrogen and oxygen atoms in total. The lowest BCUT2D eigenvalue weighted by Gasteiger charge is -2.36. The molecule has 0 radical (unpaired) electrons. The first-order valence-corrected chi connectivity index (χ1v) is 13.3. The number of hydrogen-bond acceptors (Lipinski definition) is 6. The van der Waals surface area contributed by atoms with Crippen molar-refractivity contribution >= 4 is 49.3 Å². The predicted molar refractivity (Wildman–Crippen MR) is 132 cm³/mol. The molecule has 4 rings (SSSR count). The van der Waals surface area contributed by atoms with E-state index in [9.17, 15) is 13.2 Å². The van der Waals surface area contributed by atoms with Gasteiger partial charge in [-0.3, -0.25) is 4.79 Å². The van der Waals surface area contributed by atoms with Gasteiger partial charge in [-0.05, 0) is 49.8 Å². The Labute approximate surface area is 198 Å². The zero-order valence-corrected chi connectivity index (χ0v) is 20.3. The molecule has 1 saturated carbocycles. The number of benzene rings is 1. The van der Waals surface area contributed by atoms with Crippen LogP contribution in [0.25, 0.3) is 15.9 Å². The summed E-state index contributed by atoms with van der Waals surface area (Å²) in [5.41, 5.74) is 1.45. The van der Waals surface area contributed by atoms with Gasteiger partial charge < -0.3 is 4.90 Å². The minimum absolute atomic E-state index is 0.157. The first-order valence-electron chi connectivity index (χ1n) is 10.9. The highest BCUT2D eigenvalue weighted by atomic mass is 32.2. The highest BCUT2D eigenvalue weighted by molar-refractivity contribution is 8.13. The first-order chi connectivity index (χ1) is 15.8. The second-order valence-electron chi connectivity index (χ2n) is 8.36. The van der Waals surface area contributed by atoms with Crippen molar-refractivity contribution in [3.05, 3.63) is 60.2 Å². The molecule has 1 aliphatic rings. The van der Waals surface area contributed by atoms with E-state index in [0.717, 1.165) is 37.1 Å². The summed E-state index contributed by atoms with van der Waals surface area (Å²) in [6, 6.07) is 10.2. The Kier molecular flexibility index (Phi) is 6.77. The van der Waals surface area contributed by atoms with E-state index in [1.165, 1.54) is 28.1 Å². The van der Waals surface area contributed by atoms with Gasteiger partial charge in [0.25, 0.3) is 10.0 Å². The van der Waals surface area contributed by atoms with Gasteiger partial charge >= 0.3 is 0 Å². The van der Waals surface area contributed by atoms with E-state index < -0.39 is 10.0 Å². The summed E-state index contributed by atoms with van der Waals surface area (Å²) in [4.78, 5) is 21.6. The van der Waals surface area contributed by atoms with Gasteiger partial charge in [0.05, 0.1) is 17.2 Å². The zero-order chi connectivity index (χ0) is 23.6. The SMILES string of the molecule is [C-]#[N+]c1cnc2c(ccn2S(=O)(=O)c2ccccc2)c1N(C)C1CCC(CSC(C)=O)CC1. The van der Waals surface area contributed by atoms with E-state index in [0.29, 0.717) is 22.6 Å². The third kappa shape index (κ3) is 4.63. The van der Waals surface area contributed by atoms with Gasteiger partial charge in [0.1, 0.15) is 0 Å². The maximum atomic E-state index is 13.2. The molecular formula is C24H26N4O3S2. The summed E-state index contributed by atoms with van der Waals surface area (Å²) in [6.45, 7) is 9.26. The zero-order valence-electron chi connectivity index (χ0n) is 18.6. The molecule has 172 valence electrons. The monoisotopic (exact) mass is 482 g/mol. The van der Waals surface area contributed by atoms with Crippen molar-refractivity contribution in [3.63, 3.8) is 0 Å². The number of anilines is 1. The third-order valence-electron chi connectivity index (χ3n) is 6.29. The fraction of sp³-hybridized carbons (Fsp3) is 0.375. The summed E-state index contributed by atoms with van der Waals surface area (Å²) in [6.07, 6.45) is 6.96. The van der Waals surface area contributed by atoms with E-state index in [2.05, 4.69) is 14.7 Å². The highest BCUT2D eigenvalue weighted by Gasteiger charge is 2.28. The molecule has 0 amide bonds. The minimum Gasteiger partial charge on any atom is -0.380 e. The quantitative estimate of drug-likeness (QED) is 0.455. The molecule has 1 fully saturated rings. The van der Waals surface area contributed by atoms with Crippen molar-refractivity contribution < 1.29 is 13.2 Å². The number of fused-ring (bicyclic) bond motifs is 1. The van der Waals surface area contributed by atoms with E-state index in [1.54, 1.807) is 43.3 Å².